The zero-order valence-corrected chi connectivity index (χ0v) is 15.6. The van der Waals surface area contributed by atoms with Gasteiger partial charge in [0, 0.05) is 21.4 Å². The van der Waals surface area contributed by atoms with Crippen LogP contribution in [0.3, 0.4) is 0 Å². The van der Waals surface area contributed by atoms with Crippen LogP contribution in [0.15, 0.2) is 54.9 Å². The zero-order valence-electron chi connectivity index (χ0n) is 14.1. The second kappa shape index (κ2) is 8.98. The lowest BCUT2D eigenvalue weighted by atomic mass is 10.3. The molecule has 2 aromatic carbocycles. The van der Waals surface area contributed by atoms with E-state index in [0.29, 0.717) is 21.4 Å². The SMILES string of the molecule is O=C(Nc1ccc(Cl)cc1)Nc1ncnc(NC(=O)Nc2ccc(Cl)cc2)n1. The molecule has 1 aromatic heterocycles. The number of benzene rings is 2. The van der Waals surface area contributed by atoms with Crippen molar-refractivity contribution in [1.82, 2.24) is 15.0 Å². The number of amides is 4. The van der Waals surface area contributed by atoms with Gasteiger partial charge in [-0.05, 0) is 48.5 Å². The molecule has 0 spiro atoms. The third kappa shape index (κ3) is 5.79. The van der Waals surface area contributed by atoms with Crippen molar-refractivity contribution in [2.45, 2.75) is 0 Å². The van der Waals surface area contributed by atoms with Crippen molar-refractivity contribution in [1.29, 1.82) is 0 Å². The molecule has 0 aliphatic carbocycles. The van der Waals surface area contributed by atoms with E-state index >= 15 is 0 Å². The number of carbonyl (C=O) groups excluding carboxylic acids is 2. The van der Waals surface area contributed by atoms with E-state index in [1.54, 1.807) is 48.5 Å². The molecular weight excluding hydrogens is 405 g/mol. The van der Waals surface area contributed by atoms with Gasteiger partial charge in [-0.15, -0.1) is 0 Å². The van der Waals surface area contributed by atoms with E-state index in [-0.39, 0.29) is 11.9 Å². The molecule has 142 valence electrons. The molecule has 0 aliphatic rings. The minimum Gasteiger partial charge on any atom is -0.308 e. The minimum absolute atomic E-state index is 0.0387. The van der Waals surface area contributed by atoms with Crippen molar-refractivity contribution in [2.75, 3.05) is 21.3 Å². The Kier molecular flexibility index (Phi) is 6.20. The zero-order chi connectivity index (χ0) is 19.9. The highest BCUT2D eigenvalue weighted by molar-refractivity contribution is 6.31. The Morgan fingerprint density at radius 1 is 0.643 bits per heavy atom. The van der Waals surface area contributed by atoms with Gasteiger partial charge in [-0.3, -0.25) is 10.6 Å². The number of urea groups is 2. The van der Waals surface area contributed by atoms with Crippen molar-refractivity contribution < 1.29 is 9.59 Å². The topological polar surface area (TPSA) is 121 Å². The number of rotatable bonds is 4. The monoisotopic (exact) mass is 417 g/mol. The van der Waals surface area contributed by atoms with Gasteiger partial charge < -0.3 is 10.6 Å². The molecule has 1 heterocycles. The molecule has 11 heteroatoms. The van der Waals surface area contributed by atoms with Crippen LogP contribution in [0.5, 0.6) is 0 Å². The summed E-state index contributed by atoms with van der Waals surface area (Å²) in [6, 6.07) is 12.0. The number of nitrogens with zero attached hydrogens (tertiary/aromatic N) is 3. The fourth-order valence-electron chi connectivity index (χ4n) is 2.01. The van der Waals surface area contributed by atoms with Gasteiger partial charge in [-0.1, -0.05) is 23.2 Å². The summed E-state index contributed by atoms with van der Waals surface area (Å²) in [5.41, 5.74) is 1.08. The Morgan fingerprint density at radius 2 is 1.04 bits per heavy atom. The Morgan fingerprint density at radius 3 is 1.43 bits per heavy atom. The van der Waals surface area contributed by atoms with Gasteiger partial charge in [0.2, 0.25) is 11.9 Å². The summed E-state index contributed by atoms with van der Waals surface area (Å²) in [6.45, 7) is 0. The number of hydrogen-bond donors (Lipinski definition) is 4. The fraction of sp³-hybridized carbons (Fsp3) is 0. The Balaban J connectivity index is 1.57. The van der Waals surface area contributed by atoms with Crippen molar-refractivity contribution in [3.8, 4) is 0 Å². The largest absolute Gasteiger partial charge is 0.326 e. The van der Waals surface area contributed by atoms with Gasteiger partial charge in [0.15, 0.2) is 0 Å². The van der Waals surface area contributed by atoms with E-state index in [1.807, 2.05) is 0 Å². The van der Waals surface area contributed by atoms with Crippen molar-refractivity contribution in [3.63, 3.8) is 0 Å². The molecule has 0 aliphatic heterocycles. The van der Waals surface area contributed by atoms with Crippen LogP contribution in [0.25, 0.3) is 0 Å². The van der Waals surface area contributed by atoms with E-state index in [9.17, 15) is 9.59 Å². The molecular formula is C17H13Cl2N7O2. The van der Waals surface area contributed by atoms with Gasteiger partial charge >= 0.3 is 12.1 Å². The van der Waals surface area contributed by atoms with Gasteiger partial charge in [0.1, 0.15) is 6.33 Å². The van der Waals surface area contributed by atoms with Crippen LogP contribution in [0, 0.1) is 0 Å². The molecule has 0 saturated carbocycles. The molecule has 0 unspecified atom stereocenters. The molecule has 4 N–H and O–H groups in total. The second-order valence-corrected chi connectivity index (χ2v) is 6.18. The number of nitrogens with one attached hydrogen (secondary N) is 4. The second-order valence-electron chi connectivity index (χ2n) is 5.30. The van der Waals surface area contributed by atoms with Gasteiger partial charge in [0.25, 0.3) is 0 Å². The van der Waals surface area contributed by atoms with E-state index in [0.717, 1.165) is 6.33 Å². The fourth-order valence-corrected chi connectivity index (χ4v) is 2.26. The summed E-state index contributed by atoms with van der Waals surface area (Å²) in [5, 5.41) is 11.2. The lowest BCUT2D eigenvalue weighted by molar-refractivity contribution is 0.261. The number of aromatic nitrogens is 3. The standard InChI is InChI=1S/C17H13Cl2N7O2/c18-10-1-5-12(6-2-10)22-16(27)25-14-20-9-21-15(24-14)26-17(28)23-13-7-3-11(19)4-8-13/h1-9H,(H4,20,21,22,23,24,25,26,27,28). The first-order valence-electron chi connectivity index (χ1n) is 7.84. The van der Waals surface area contributed by atoms with Gasteiger partial charge in [-0.25, -0.2) is 19.6 Å². The highest BCUT2D eigenvalue weighted by Crippen LogP contribution is 2.15. The lowest BCUT2D eigenvalue weighted by Gasteiger charge is -2.08. The maximum atomic E-state index is 12.0. The van der Waals surface area contributed by atoms with E-state index < -0.39 is 12.1 Å². The van der Waals surface area contributed by atoms with Crippen LogP contribution in [0.1, 0.15) is 0 Å². The number of hydrogen-bond acceptors (Lipinski definition) is 5. The third-order valence-corrected chi connectivity index (χ3v) is 3.73. The van der Waals surface area contributed by atoms with Crippen LogP contribution in [0.2, 0.25) is 10.0 Å². The summed E-state index contributed by atoms with van der Waals surface area (Å²) in [4.78, 5) is 35.6. The van der Waals surface area contributed by atoms with E-state index in [1.165, 1.54) is 0 Å². The first kappa shape index (κ1) is 19.3. The van der Waals surface area contributed by atoms with Gasteiger partial charge in [-0.2, -0.15) is 4.98 Å². The summed E-state index contributed by atoms with van der Waals surface area (Å²) in [6.07, 6.45) is 1.16. The first-order chi connectivity index (χ1) is 13.5. The van der Waals surface area contributed by atoms with Crippen molar-refractivity contribution >= 4 is 58.5 Å². The summed E-state index contributed by atoms with van der Waals surface area (Å²) < 4.78 is 0. The molecule has 3 rings (SSSR count). The van der Waals surface area contributed by atoms with Crippen LogP contribution in [-0.4, -0.2) is 27.0 Å². The molecule has 4 amide bonds. The highest BCUT2D eigenvalue weighted by atomic mass is 35.5. The Bertz CT molecular complexity index is 905. The molecule has 9 nitrogen and oxygen atoms in total. The van der Waals surface area contributed by atoms with Gasteiger partial charge in [0.05, 0.1) is 0 Å². The lowest BCUT2D eigenvalue weighted by Crippen LogP contribution is -2.23. The molecule has 0 radical (unpaired) electrons. The average Bonchev–Trinajstić information content (AvgIpc) is 2.66. The smallest absolute Gasteiger partial charge is 0.308 e. The summed E-state index contributed by atoms with van der Waals surface area (Å²) in [7, 11) is 0. The normalized spacial score (nSPS) is 10.1. The summed E-state index contributed by atoms with van der Waals surface area (Å²) >= 11 is 11.6. The average molecular weight is 418 g/mol. The van der Waals surface area contributed by atoms with E-state index in [4.69, 9.17) is 23.2 Å². The molecule has 0 saturated heterocycles. The number of halogens is 2. The predicted molar refractivity (Wildman–Crippen MR) is 108 cm³/mol. The quantitative estimate of drug-likeness (QED) is 0.498. The van der Waals surface area contributed by atoms with E-state index in [2.05, 4.69) is 36.2 Å². The molecule has 28 heavy (non-hydrogen) atoms. The number of anilines is 4. The molecule has 0 atom stereocenters. The third-order valence-electron chi connectivity index (χ3n) is 3.23. The van der Waals surface area contributed by atoms with Crippen LogP contribution < -0.4 is 21.3 Å². The maximum Gasteiger partial charge on any atom is 0.326 e. The Hall–Kier alpha value is -3.43. The Labute approximate surface area is 169 Å². The molecule has 0 fully saturated rings. The van der Waals surface area contributed by atoms with Crippen LogP contribution in [0.4, 0.5) is 32.9 Å². The minimum atomic E-state index is -0.565. The van der Waals surface area contributed by atoms with Crippen LogP contribution >= 0.6 is 23.2 Å². The molecule has 3 aromatic rings. The predicted octanol–water partition coefficient (Wildman–Crippen LogP) is 4.47. The van der Waals surface area contributed by atoms with Crippen LogP contribution in [-0.2, 0) is 0 Å². The van der Waals surface area contributed by atoms with Crippen molar-refractivity contribution in [3.05, 3.63) is 64.9 Å². The number of carbonyl (C=O) groups is 2. The molecule has 0 bridgehead atoms. The highest BCUT2D eigenvalue weighted by Gasteiger charge is 2.09. The first-order valence-corrected chi connectivity index (χ1v) is 8.60. The van der Waals surface area contributed by atoms with Crippen molar-refractivity contribution in [2.24, 2.45) is 0 Å². The summed E-state index contributed by atoms with van der Waals surface area (Å²) in [5.74, 6) is -0.0773. The maximum absolute atomic E-state index is 12.0.